The summed E-state index contributed by atoms with van der Waals surface area (Å²) < 4.78 is 0. The van der Waals surface area contributed by atoms with Crippen molar-refractivity contribution in [1.82, 2.24) is 14.9 Å². The van der Waals surface area contributed by atoms with E-state index in [9.17, 15) is 9.90 Å². The fourth-order valence-corrected chi connectivity index (χ4v) is 7.56. The Morgan fingerprint density at radius 2 is 1.97 bits per heavy atom. The highest BCUT2D eigenvalue weighted by Crippen LogP contribution is 2.36. The summed E-state index contributed by atoms with van der Waals surface area (Å²) in [6.45, 7) is 6.74. The maximum atomic E-state index is 13.1. The molecule has 7 heteroatoms. The largest absolute Gasteiger partial charge is 0.388 e. The number of rotatable bonds is 7. The molecule has 2 aromatic heterocycles. The Morgan fingerprint density at radius 3 is 2.78 bits per heavy atom. The van der Waals surface area contributed by atoms with Gasteiger partial charge in [0, 0.05) is 54.6 Å². The number of benzene rings is 1. The molecule has 6 rings (SSSR count). The normalized spacial score (nSPS) is 26.5. The Morgan fingerprint density at radius 1 is 1.14 bits per heavy atom. The molecule has 0 amide bonds. The summed E-state index contributed by atoms with van der Waals surface area (Å²) in [6.07, 6.45) is 10.4. The Kier molecular flexibility index (Phi) is 7.03. The zero-order chi connectivity index (χ0) is 25.4. The second kappa shape index (κ2) is 10.4. The van der Waals surface area contributed by atoms with Gasteiger partial charge in [0.15, 0.2) is 10.9 Å². The van der Waals surface area contributed by atoms with Gasteiger partial charge in [0.05, 0.1) is 16.8 Å². The first kappa shape index (κ1) is 25.0. The van der Waals surface area contributed by atoms with Crippen LogP contribution < -0.4 is 4.90 Å². The van der Waals surface area contributed by atoms with Gasteiger partial charge < -0.3 is 10.0 Å². The Labute approximate surface area is 223 Å². The van der Waals surface area contributed by atoms with Crippen LogP contribution in [0.2, 0.25) is 0 Å². The molecule has 1 N–H and O–H groups in total. The van der Waals surface area contributed by atoms with Gasteiger partial charge in [0.1, 0.15) is 0 Å². The van der Waals surface area contributed by atoms with Gasteiger partial charge in [0.25, 0.3) is 0 Å². The molecule has 4 heterocycles. The number of hydrogen-bond donors (Lipinski definition) is 1. The number of aromatic nitrogens is 2. The molecule has 1 unspecified atom stereocenters. The van der Waals surface area contributed by atoms with Gasteiger partial charge in [0.2, 0.25) is 0 Å². The molecule has 1 aliphatic carbocycles. The topological polar surface area (TPSA) is 69.6 Å². The smallest absolute Gasteiger partial charge is 0.185 e. The highest BCUT2D eigenvalue weighted by molar-refractivity contribution is 7.15. The van der Waals surface area contributed by atoms with Crippen LogP contribution >= 0.6 is 11.3 Å². The molecular weight excluding hydrogens is 480 g/mol. The second-order valence-corrected chi connectivity index (χ2v) is 12.8. The SMILES string of the molecule is CC1(O)CCN(c2nc3c(s2)CCN(CCC2CCC(CC(=O)c4cccc5ncccc45)CC2)C3)C1. The van der Waals surface area contributed by atoms with Crippen molar-refractivity contribution in [1.29, 1.82) is 0 Å². The van der Waals surface area contributed by atoms with Crippen molar-refractivity contribution in [2.75, 3.05) is 31.1 Å². The van der Waals surface area contributed by atoms with Crippen molar-refractivity contribution in [2.24, 2.45) is 11.8 Å². The second-order valence-electron chi connectivity index (χ2n) is 11.7. The maximum Gasteiger partial charge on any atom is 0.185 e. The monoisotopic (exact) mass is 518 g/mol. The molecule has 2 aliphatic heterocycles. The number of ketones is 1. The van der Waals surface area contributed by atoms with Gasteiger partial charge in [-0.15, -0.1) is 11.3 Å². The van der Waals surface area contributed by atoms with E-state index in [0.29, 0.717) is 18.9 Å². The highest BCUT2D eigenvalue weighted by atomic mass is 32.1. The lowest BCUT2D eigenvalue weighted by Crippen LogP contribution is -2.32. The van der Waals surface area contributed by atoms with Gasteiger partial charge in [-0.2, -0.15) is 0 Å². The predicted molar refractivity (Wildman–Crippen MR) is 149 cm³/mol. The molecule has 0 radical (unpaired) electrons. The minimum Gasteiger partial charge on any atom is -0.388 e. The molecule has 3 aliphatic rings. The number of nitrogens with zero attached hydrogens (tertiary/aromatic N) is 4. The fraction of sp³-hybridized carbons (Fsp3) is 0.567. The van der Waals surface area contributed by atoms with E-state index >= 15 is 0 Å². The van der Waals surface area contributed by atoms with Crippen LogP contribution in [0.25, 0.3) is 10.9 Å². The minimum atomic E-state index is -0.585. The van der Waals surface area contributed by atoms with E-state index in [1.54, 1.807) is 6.20 Å². The van der Waals surface area contributed by atoms with Gasteiger partial charge in [-0.1, -0.05) is 31.0 Å². The van der Waals surface area contributed by atoms with Crippen molar-refractivity contribution in [3.63, 3.8) is 0 Å². The summed E-state index contributed by atoms with van der Waals surface area (Å²) in [4.78, 5) is 28.8. The molecule has 196 valence electrons. The number of fused-ring (bicyclic) bond motifs is 2. The summed E-state index contributed by atoms with van der Waals surface area (Å²) in [6, 6.07) is 9.82. The maximum absolute atomic E-state index is 13.1. The van der Waals surface area contributed by atoms with Gasteiger partial charge in [-0.05, 0) is 69.5 Å². The molecule has 0 spiro atoms. The van der Waals surface area contributed by atoms with Crippen LogP contribution in [0.3, 0.4) is 0 Å². The first-order chi connectivity index (χ1) is 17.9. The van der Waals surface area contributed by atoms with E-state index in [-0.39, 0.29) is 5.78 Å². The van der Waals surface area contributed by atoms with E-state index in [1.165, 1.54) is 42.7 Å². The lowest BCUT2D eigenvalue weighted by Gasteiger charge is -2.31. The number of Topliss-reactive ketones (excluding diaryl/α,β-unsaturated/α-hetero) is 1. The van der Waals surface area contributed by atoms with E-state index in [4.69, 9.17) is 4.98 Å². The summed E-state index contributed by atoms with van der Waals surface area (Å²) in [5.74, 6) is 1.55. The average Bonchev–Trinajstić information content (AvgIpc) is 3.50. The number of carbonyl (C=O) groups is 1. The zero-order valence-electron chi connectivity index (χ0n) is 21.9. The van der Waals surface area contributed by atoms with Crippen LogP contribution in [-0.2, 0) is 13.0 Å². The lowest BCUT2D eigenvalue weighted by molar-refractivity contribution is 0.0839. The van der Waals surface area contributed by atoms with Crippen molar-refractivity contribution < 1.29 is 9.90 Å². The van der Waals surface area contributed by atoms with Crippen molar-refractivity contribution in [3.05, 3.63) is 52.7 Å². The molecule has 1 saturated carbocycles. The minimum absolute atomic E-state index is 0.270. The third-order valence-electron chi connectivity index (χ3n) is 8.76. The summed E-state index contributed by atoms with van der Waals surface area (Å²) >= 11 is 1.83. The number of β-amino-alcohol motifs (C(OH)–C–C–N with tert-alkyl or cyclic N) is 1. The number of thiazole rings is 1. The van der Waals surface area contributed by atoms with Crippen molar-refractivity contribution in [3.8, 4) is 0 Å². The number of pyridine rings is 1. The number of aliphatic hydroxyl groups is 1. The quantitative estimate of drug-likeness (QED) is 0.418. The van der Waals surface area contributed by atoms with Crippen molar-refractivity contribution >= 4 is 33.2 Å². The average molecular weight is 519 g/mol. The van der Waals surface area contributed by atoms with E-state index in [1.807, 2.05) is 48.6 Å². The highest BCUT2D eigenvalue weighted by Gasteiger charge is 2.34. The van der Waals surface area contributed by atoms with Gasteiger partial charge >= 0.3 is 0 Å². The zero-order valence-corrected chi connectivity index (χ0v) is 22.7. The molecule has 1 atom stereocenters. The number of hydrogen-bond acceptors (Lipinski definition) is 7. The Balaban J connectivity index is 0.964. The summed E-state index contributed by atoms with van der Waals surface area (Å²) in [5.41, 5.74) is 2.40. The van der Waals surface area contributed by atoms with Crippen LogP contribution in [0.1, 0.15) is 72.8 Å². The van der Waals surface area contributed by atoms with Crippen LogP contribution in [0.4, 0.5) is 5.13 Å². The standard InChI is InChI=1S/C30H38N4O2S/c1-30(36)13-17-34(20-30)29-32-26-19-33(16-12-28(26)37-29)15-11-21-7-9-22(10-8-21)18-27(35)24-4-2-6-25-23(24)5-3-14-31-25/h2-6,14,21-22,36H,7-13,15-20H2,1H3. The van der Waals surface area contributed by atoms with Crippen LogP contribution in [0.15, 0.2) is 36.5 Å². The van der Waals surface area contributed by atoms with Crippen molar-refractivity contribution in [2.45, 2.75) is 70.4 Å². The van der Waals surface area contributed by atoms with Crippen LogP contribution in [-0.4, -0.2) is 57.5 Å². The van der Waals surface area contributed by atoms with Crippen LogP contribution in [0, 0.1) is 11.8 Å². The summed E-state index contributed by atoms with van der Waals surface area (Å²) in [7, 11) is 0. The van der Waals surface area contributed by atoms with Gasteiger partial charge in [-0.3, -0.25) is 14.7 Å². The molecule has 6 nitrogen and oxygen atoms in total. The summed E-state index contributed by atoms with van der Waals surface area (Å²) in [5, 5.41) is 12.4. The first-order valence-electron chi connectivity index (χ1n) is 14.0. The Bertz CT molecular complexity index is 1260. The van der Waals surface area contributed by atoms with E-state index < -0.39 is 5.60 Å². The Hall–Kier alpha value is -2.35. The fourth-order valence-electron chi connectivity index (χ4n) is 6.48. The predicted octanol–water partition coefficient (Wildman–Crippen LogP) is 5.48. The molecule has 0 bridgehead atoms. The molecule has 1 saturated heterocycles. The molecular formula is C30H38N4O2S. The van der Waals surface area contributed by atoms with Crippen LogP contribution in [0.5, 0.6) is 0 Å². The molecule has 3 aromatic rings. The number of carbonyl (C=O) groups excluding carboxylic acids is 1. The lowest BCUT2D eigenvalue weighted by atomic mass is 9.78. The number of anilines is 1. The molecule has 1 aromatic carbocycles. The first-order valence-corrected chi connectivity index (χ1v) is 14.8. The third-order valence-corrected chi connectivity index (χ3v) is 9.98. The van der Waals surface area contributed by atoms with Gasteiger partial charge in [-0.25, -0.2) is 4.98 Å². The van der Waals surface area contributed by atoms with E-state index in [2.05, 4.69) is 14.8 Å². The third kappa shape index (κ3) is 5.59. The van der Waals surface area contributed by atoms with E-state index in [0.717, 1.165) is 66.5 Å². The molecule has 2 fully saturated rings. The molecule has 37 heavy (non-hydrogen) atoms.